The van der Waals surface area contributed by atoms with Gasteiger partial charge >= 0.3 is 5.97 Å². The van der Waals surface area contributed by atoms with Crippen LogP contribution in [0.1, 0.15) is 53.0 Å². The molecule has 0 radical (unpaired) electrons. The highest BCUT2D eigenvalue weighted by molar-refractivity contribution is 5.85. The molecule has 2 rings (SSSR count). The summed E-state index contributed by atoms with van der Waals surface area (Å²) < 4.78 is 10.8. The molecule has 1 aromatic carbocycles. The zero-order valence-corrected chi connectivity index (χ0v) is 17.0. The van der Waals surface area contributed by atoms with Crippen LogP contribution in [0.15, 0.2) is 24.3 Å². The maximum Gasteiger partial charge on any atom is 0.323 e. The fourth-order valence-corrected chi connectivity index (χ4v) is 3.72. The Bertz CT molecular complexity index is 563. The number of ether oxygens (including phenoxy) is 2. The van der Waals surface area contributed by atoms with Crippen LogP contribution < -0.4 is 10.1 Å². The Morgan fingerprint density at radius 3 is 2.28 bits per heavy atom. The first-order valence-electron chi connectivity index (χ1n) is 8.69. The van der Waals surface area contributed by atoms with E-state index < -0.39 is 0 Å². The maximum absolute atomic E-state index is 11.5. The van der Waals surface area contributed by atoms with Crippen LogP contribution in [0.3, 0.4) is 0 Å². The minimum absolute atomic E-state index is 0. The summed E-state index contributed by atoms with van der Waals surface area (Å²) in [4.78, 5) is 11.5. The van der Waals surface area contributed by atoms with Crippen molar-refractivity contribution in [1.29, 1.82) is 0 Å². The molecule has 1 aliphatic rings. The molecule has 5 heteroatoms. The number of benzene rings is 1. The number of rotatable bonds is 5. The number of hydrogen-bond donors (Lipinski definition) is 1. The first kappa shape index (κ1) is 21.8. The van der Waals surface area contributed by atoms with Crippen LogP contribution in [0, 0.1) is 5.41 Å². The average molecular weight is 370 g/mol. The Kier molecular flexibility index (Phi) is 7.33. The second kappa shape index (κ2) is 8.41. The Labute approximate surface area is 158 Å². The summed E-state index contributed by atoms with van der Waals surface area (Å²) in [7, 11) is 1.41. The lowest BCUT2D eigenvalue weighted by Crippen LogP contribution is -2.31. The minimum atomic E-state index is -0.259. The van der Waals surface area contributed by atoms with Gasteiger partial charge in [-0.1, -0.05) is 46.8 Å². The summed E-state index contributed by atoms with van der Waals surface area (Å²) in [6.07, 6.45) is 1.76. The van der Waals surface area contributed by atoms with Gasteiger partial charge in [0, 0.05) is 13.0 Å². The van der Waals surface area contributed by atoms with Gasteiger partial charge < -0.3 is 14.8 Å². The first-order valence-corrected chi connectivity index (χ1v) is 8.69. The van der Waals surface area contributed by atoms with Gasteiger partial charge in [0.15, 0.2) is 0 Å². The van der Waals surface area contributed by atoms with Gasteiger partial charge in [-0.25, -0.2) is 0 Å². The van der Waals surface area contributed by atoms with E-state index >= 15 is 0 Å². The lowest BCUT2D eigenvalue weighted by molar-refractivity contribution is -0.142. The summed E-state index contributed by atoms with van der Waals surface area (Å²) >= 11 is 0. The normalized spacial score (nSPS) is 20.7. The molecule has 4 nitrogen and oxygen atoms in total. The number of halogens is 1. The predicted octanol–water partition coefficient (Wildman–Crippen LogP) is 4.10. The van der Waals surface area contributed by atoms with E-state index in [0.717, 1.165) is 12.2 Å². The maximum atomic E-state index is 11.5. The summed E-state index contributed by atoms with van der Waals surface area (Å²) in [5.41, 5.74) is 1.74. The largest absolute Gasteiger partial charge is 0.489 e. The van der Waals surface area contributed by atoms with E-state index in [4.69, 9.17) is 9.47 Å². The number of carbonyl (C=O) groups is 1. The van der Waals surface area contributed by atoms with Gasteiger partial charge in [-0.3, -0.25) is 4.79 Å². The molecular formula is C20H32ClNO3. The molecule has 2 atom stereocenters. The van der Waals surface area contributed by atoms with Crippen molar-refractivity contribution in [2.45, 2.75) is 65.0 Å². The van der Waals surface area contributed by atoms with E-state index in [1.807, 2.05) is 12.1 Å². The highest BCUT2D eigenvalue weighted by Crippen LogP contribution is 2.36. The van der Waals surface area contributed by atoms with Gasteiger partial charge in [-0.15, -0.1) is 12.4 Å². The molecule has 1 aromatic rings. The zero-order chi connectivity index (χ0) is 18.0. The van der Waals surface area contributed by atoms with E-state index in [9.17, 15) is 4.79 Å². The van der Waals surface area contributed by atoms with Gasteiger partial charge in [0.25, 0.3) is 0 Å². The molecule has 142 valence electrons. The van der Waals surface area contributed by atoms with Crippen molar-refractivity contribution in [1.82, 2.24) is 5.32 Å². The third kappa shape index (κ3) is 6.19. The highest BCUT2D eigenvalue weighted by atomic mass is 35.5. The topological polar surface area (TPSA) is 47.6 Å². The van der Waals surface area contributed by atoms with Crippen LogP contribution in [0.2, 0.25) is 0 Å². The predicted molar refractivity (Wildman–Crippen MR) is 104 cm³/mol. The highest BCUT2D eigenvalue weighted by Gasteiger charge is 2.31. The van der Waals surface area contributed by atoms with Crippen LogP contribution in [0.5, 0.6) is 5.75 Å². The van der Waals surface area contributed by atoms with Gasteiger partial charge in [-0.2, -0.15) is 0 Å². The third-order valence-electron chi connectivity index (χ3n) is 4.49. The molecule has 0 unspecified atom stereocenters. The molecule has 1 aliphatic heterocycles. The summed E-state index contributed by atoms with van der Waals surface area (Å²) in [5, 5.41) is 3.14. The molecule has 0 bridgehead atoms. The van der Waals surface area contributed by atoms with E-state index in [1.54, 1.807) is 0 Å². The molecule has 1 N–H and O–H groups in total. The van der Waals surface area contributed by atoms with Gasteiger partial charge in [0.05, 0.1) is 7.11 Å². The van der Waals surface area contributed by atoms with E-state index in [-0.39, 0.29) is 41.4 Å². The van der Waals surface area contributed by atoms with E-state index in [1.165, 1.54) is 12.7 Å². The van der Waals surface area contributed by atoms with Crippen LogP contribution in [-0.2, 0) is 14.9 Å². The molecule has 0 saturated carbocycles. The average Bonchev–Trinajstić information content (AvgIpc) is 2.93. The van der Waals surface area contributed by atoms with Crippen molar-refractivity contribution in [2.24, 2.45) is 5.41 Å². The molecule has 25 heavy (non-hydrogen) atoms. The summed E-state index contributed by atoms with van der Waals surface area (Å²) in [5.74, 6) is 0.628. The van der Waals surface area contributed by atoms with Crippen LogP contribution >= 0.6 is 12.4 Å². The Morgan fingerprint density at radius 1 is 1.16 bits per heavy atom. The second-order valence-electron chi connectivity index (χ2n) is 8.61. The smallest absolute Gasteiger partial charge is 0.323 e. The monoisotopic (exact) mass is 369 g/mol. The Morgan fingerprint density at radius 2 is 1.76 bits per heavy atom. The molecule has 1 heterocycles. The van der Waals surface area contributed by atoms with E-state index in [0.29, 0.717) is 13.0 Å². The lowest BCUT2D eigenvalue weighted by atomic mass is 9.72. The van der Waals surface area contributed by atoms with Crippen molar-refractivity contribution in [3.8, 4) is 5.75 Å². The lowest BCUT2D eigenvalue weighted by Gasteiger charge is -2.33. The molecule has 0 aromatic heterocycles. The molecule has 0 spiro atoms. The number of carbonyl (C=O) groups excluding carboxylic acids is 1. The van der Waals surface area contributed by atoms with Crippen molar-refractivity contribution >= 4 is 18.4 Å². The molecule has 0 aliphatic carbocycles. The number of methoxy groups -OCH3 is 1. The van der Waals surface area contributed by atoms with Crippen LogP contribution in [-0.4, -0.2) is 31.8 Å². The third-order valence-corrected chi connectivity index (χ3v) is 4.49. The van der Waals surface area contributed by atoms with Gasteiger partial charge in [-0.05, 0) is 34.9 Å². The molecule has 0 amide bonds. The molecule has 1 fully saturated rings. The fourth-order valence-electron chi connectivity index (χ4n) is 3.72. The molecule has 1 saturated heterocycles. The Balaban J connectivity index is 0.00000312. The van der Waals surface area contributed by atoms with Crippen LogP contribution in [0.25, 0.3) is 0 Å². The number of nitrogens with one attached hydrogen (secondary N) is 1. The molecular weight excluding hydrogens is 338 g/mol. The van der Waals surface area contributed by atoms with Gasteiger partial charge in [0.1, 0.15) is 17.9 Å². The van der Waals surface area contributed by atoms with Crippen molar-refractivity contribution in [3.05, 3.63) is 29.8 Å². The minimum Gasteiger partial charge on any atom is -0.489 e. The number of hydrogen-bond acceptors (Lipinski definition) is 4. The van der Waals surface area contributed by atoms with Crippen molar-refractivity contribution in [2.75, 3.05) is 13.7 Å². The van der Waals surface area contributed by atoms with Crippen molar-refractivity contribution in [3.63, 3.8) is 0 Å². The van der Waals surface area contributed by atoms with E-state index in [2.05, 4.69) is 52.1 Å². The second-order valence-corrected chi connectivity index (χ2v) is 8.61. The summed E-state index contributed by atoms with van der Waals surface area (Å²) in [6, 6.07) is 8.11. The first-order chi connectivity index (χ1) is 11.1. The number of esters is 1. The van der Waals surface area contributed by atoms with Crippen LogP contribution in [0.4, 0.5) is 0 Å². The summed E-state index contributed by atoms with van der Waals surface area (Å²) in [6.45, 7) is 12.1. The fraction of sp³-hybridized carbons (Fsp3) is 0.650. The SMILES string of the molecule is COC(=O)[C@@H]1C[C@H](Oc2ccc(C(C)(C)CC(C)(C)C)cc2)CN1.Cl. The quantitative estimate of drug-likeness (QED) is 0.793. The zero-order valence-electron chi connectivity index (χ0n) is 16.2. The standard InChI is InChI=1S/C20H31NO3.ClH/c1-19(2,3)13-20(4,5)14-7-9-15(10-8-14)24-16-11-17(21-12-16)18(22)23-6;/h7-10,16-17,21H,11-13H2,1-6H3;1H/t16-,17-;/m0./s1. The van der Waals surface area contributed by atoms with Gasteiger partial charge in [0.2, 0.25) is 0 Å². The van der Waals surface area contributed by atoms with Crippen molar-refractivity contribution < 1.29 is 14.3 Å². The Hall–Kier alpha value is -1.26.